The van der Waals surface area contributed by atoms with Crippen molar-refractivity contribution in [2.45, 2.75) is 19.1 Å². The van der Waals surface area contributed by atoms with Crippen molar-refractivity contribution in [3.8, 4) is 5.75 Å². The molecule has 3 nitrogen and oxygen atoms in total. The van der Waals surface area contributed by atoms with Gasteiger partial charge in [-0.05, 0) is 24.6 Å². The van der Waals surface area contributed by atoms with Crippen LogP contribution in [0.3, 0.4) is 0 Å². The molecule has 3 N–H and O–H groups in total. The predicted molar refractivity (Wildman–Crippen MR) is 44.7 cm³/mol. The van der Waals surface area contributed by atoms with Gasteiger partial charge in [0.2, 0.25) is 0 Å². The normalized spacial score (nSPS) is 15.6. The van der Waals surface area contributed by atoms with E-state index in [1.165, 1.54) is 19.1 Å². The Bertz CT molecular complexity index is 258. The van der Waals surface area contributed by atoms with Crippen LogP contribution in [0.4, 0.5) is 0 Å². The Kier molecular flexibility index (Phi) is 2.68. The van der Waals surface area contributed by atoms with E-state index in [4.69, 9.17) is 10.2 Å². The number of rotatable bonds is 2. The van der Waals surface area contributed by atoms with Crippen molar-refractivity contribution in [1.29, 1.82) is 0 Å². The lowest BCUT2D eigenvalue weighted by Crippen LogP contribution is -2.13. The van der Waals surface area contributed by atoms with Gasteiger partial charge in [-0.3, -0.25) is 0 Å². The zero-order valence-corrected chi connectivity index (χ0v) is 6.81. The van der Waals surface area contributed by atoms with E-state index in [2.05, 4.69) is 0 Å². The van der Waals surface area contributed by atoms with Crippen molar-refractivity contribution in [2.24, 2.45) is 0 Å². The summed E-state index contributed by atoms with van der Waals surface area (Å²) in [5, 5.41) is 27.4. The van der Waals surface area contributed by atoms with Gasteiger partial charge < -0.3 is 15.3 Å². The minimum absolute atomic E-state index is 0.0900. The number of phenolic OH excluding ortho intramolecular Hbond substituents is 1. The van der Waals surface area contributed by atoms with E-state index < -0.39 is 12.2 Å². The summed E-state index contributed by atoms with van der Waals surface area (Å²) in [4.78, 5) is 0. The van der Waals surface area contributed by atoms with Gasteiger partial charge in [-0.2, -0.15) is 0 Å². The van der Waals surface area contributed by atoms with Crippen molar-refractivity contribution in [2.75, 3.05) is 0 Å². The summed E-state index contributed by atoms with van der Waals surface area (Å²) in [5.74, 6) is 0.0900. The summed E-state index contributed by atoms with van der Waals surface area (Å²) in [5.41, 5.74) is 0.519. The third kappa shape index (κ3) is 1.96. The highest BCUT2D eigenvalue weighted by molar-refractivity contribution is 5.28. The first-order valence-electron chi connectivity index (χ1n) is 3.76. The molecule has 0 amide bonds. The molecular weight excluding hydrogens is 156 g/mol. The Morgan fingerprint density at radius 1 is 1.25 bits per heavy atom. The average Bonchev–Trinajstić information content (AvgIpc) is 2.03. The van der Waals surface area contributed by atoms with E-state index >= 15 is 0 Å². The van der Waals surface area contributed by atoms with Crippen molar-refractivity contribution < 1.29 is 15.3 Å². The molecule has 0 fully saturated rings. The van der Waals surface area contributed by atoms with Crippen molar-refractivity contribution in [3.05, 3.63) is 29.8 Å². The second kappa shape index (κ2) is 3.56. The van der Waals surface area contributed by atoms with Gasteiger partial charge in [0.15, 0.2) is 0 Å². The third-order valence-corrected chi connectivity index (χ3v) is 1.67. The highest BCUT2D eigenvalue weighted by atomic mass is 16.3. The smallest absolute Gasteiger partial charge is 0.115 e. The number of aromatic hydroxyl groups is 1. The Labute approximate surface area is 70.9 Å². The molecule has 0 aromatic heterocycles. The van der Waals surface area contributed by atoms with Gasteiger partial charge in [0.25, 0.3) is 0 Å². The Hall–Kier alpha value is -1.06. The number of benzene rings is 1. The molecule has 0 unspecified atom stereocenters. The number of aliphatic hydroxyl groups excluding tert-OH is 2. The summed E-state index contributed by atoms with van der Waals surface area (Å²) in [6.45, 7) is 1.49. The number of hydrogen-bond donors (Lipinski definition) is 3. The Balaban J connectivity index is 2.88. The fourth-order valence-electron chi connectivity index (χ4n) is 0.987. The van der Waals surface area contributed by atoms with Crippen LogP contribution in [-0.4, -0.2) is 21.4 Å². The van der Waals surface area contributed by atoms with Crippen LogP contribution in [0.1, 0.15) is 18.6 Å². The van der Waals surface area contributed by atoms with E-state index in [1.807, 2.05) is 0 Å². The van der Waals surface area contributed by atoms with Crippen LogP contribution in [0.2, 0.25) is 0 Å². The number of aliphatic hydroxyl groups is 2. The van der Waals surface area contributed by atoms with Crippen LogP contribution < -0.4 is 0 Å². The van der Waals surface area contributed by atoms with Gasteiger partial charge in [0.05, 0.1) is 6.10 Å². The molecule has 0 heterocycles. The Morgan fingerprint density at radius 3 is 2.42 bits per heavy atom. The first kappa shape index (κ1) is 9.03. The maximum absolute atomic E-state index is 9.36. The highest BCUT2D eigenvalue weighted by Gasteiger charge is 2.13. The molecule has 3 heteroatoms. The molecule has 0 spiro atoms. The number of hydrogen-bond acceptors (Lipinski definition) is 3. The van der Waals surface area contributed by atoms with Crippen molar-refractivity contribution in [1.82, 2.24) is 0 Å². The number of phenols is 1. The molecule has 0 bridgehead atoms. The average molecular weight is 168 g/mol. The molecule has 0 saturated heterocycles. The third-order valence-electron chi connectivity index (χ3n) is 1.67. The maximum Gasteiger partial charge on any atom is 0.115 e. The van der Waals surface area contributed by atoms with E-state index in [-0.39, 0.29) is 5.75 Å². The minimum atomic E-state index is -0.933. The fraction of sp³-hybridized carbons (Fsp3) is 0.333. The predicted octanol–water partition coefficient (Wildman–Crippen LogP) is 0.806. The van der Waals surface area contributed by atoms with Crippen LogP contribution >= 0.6 is 0 Å². The lowest BCUT2D eigenvalue weighted by molar-refractivity contribution is 0.0304. The molecule has 12 heavy (non-hydrogen) atoms. The van der Waals surface area contributed by atoms with Gasteiger partial charge in [0, 0.05) is 0 Å². The van der Waals surface area contributed by atoms with Gasteiger partial charge in [-0.1, -0.05) is 12.1 Å². The second-order valence-electron chi connectivity index (χ2n) is 2.78. The first-order chi connectivity index (χ1) is 5.61. The standard InChI is InChI=1S/C9H12O3/c1-6(10)9(12)7-3-2-4-8(11)5-7/h2-6,9-12H,1H3/t6-,9+/m1/s1. The molecule has 0 aliphatic heterocycles. The van der Waals surface area contributed by atoms with E-state index in [0.717, 1.165) is 0 Å². The Morgan fingerprint density at radius 2 is 1.92 bits per heavy atom. The van der Waals surface area contributed by atoms with Gasteiger partial charge >= 0.3 is 0 Å². The van der Waals surface area contributed by atoms with Gasteiger partial charge in [-0.25, -0.2) is 0 Å². The lowest BCUT2D eigenvalue weighted by atomic mass is 10.1. The van der Waals surface area contributed by atoms with Crippen LogP contribution in [0.5, 0.6) is 5.75 Å². The maximum atomic E-state index is 9.36. The fourth-order valence-corrected chi connectivity index (χ4v) is 0.987. The molecule has 1 aromatic carbocycles. The molecule has 0 saturated carbocycles. The second-order valence-corrected chi connectivity index (χ2v) is 2.78. The summed E-state index contributed by atoms with van der Waals surface area (Å²) in [7, 11) is 0. The molecule has 2 atom stereocenters. The zero-order valence-electron chi connectivity index (χ0n) is 6.81. The van der Waals surface area contributed by atoms with Crippen LogP contribution in [0.15, 0.2) is 24.3 Å². The summed E-state index contributed by atoms with van der Waals surface area (Å²) in [6, 6.07) is 6.21. The molecule has 0 aliphatic rings. The van der Waals surface area contributed by atoms with Gasteiger partial charge in [0.1, 0.15) is 11.9 Å². The summed E-state index contributed by atoms with van der Waals surface area (Å²) in [6.07, 6.45) is -1.76. The van der Waals surface area contributed by atoms with E-state index in [0.29, 0.717) is 5.56 Å². The SMILES string of the molecule is C[C@@H](O)[C@H](O)c1cccc(O)c1. The highest BCUT2D eigenvalue weighted by Crippen LogP contribution is 2.20. The van der Waals surface area contributed by atoms with E-state index in [9.17, 15) is 5.11 Å². The minimum Gasteiger partial charge on any atom is -0.508 e. The van der Waals surface area contributed by atoms with Crippen LogP contribution in [-0.2, 0) is 0 Å². The van der Waals surface area contributed by atoms with Crippen LogP contribution in [0.25, 0.3) is 0 Å². The monoisotopic (exact) mass is 168 g/mol. The molecule has 1 aromatic rings. The van der Waals surface area contributed by atoms with Crippen molar-refractivity contribution >= 4 is 0 Å². The molecule has 66 valence electrons. The summed E-state index contributed by atoms with van der Waals surface area (Å²) >= 11 is 0. The topological polar surface area (TPSA) is 60.7 Å². The lowest BCUT2D eigenvalue weighted by Gasteiger charge is -2.13. The largest absolute Gasteiger partial charge is 0.508 e. The molecular formula is C9H12O3. The molecule has 0 radical (unpaired) electrons. The molecule has 1 rings (SSSR count). The zero-order chi connectivity index (χ0) is 9.14. The summed E-state index contributed by atoms with van der Waals surface area (Å²) < 4.78 is 0. The quantitative estimate of drug-likeness (QED) is 0.612. The first-order valence-corrected chi connectivity index (χ1v) is 3.76. The van der Waals surface area contributed by atoms with Gasteiger partial charge in [-0.15, -0.1) is 0 Å². The van der Waals surface area contributed by atoms with Crippen molar-refractivity contribution in [3.63, 3.8) is 0 Å². The van der Waals surface area contributed by atoms with E-state index in [1.54, 1.807) is 12.1 Å². The van der Waals surface area contributed by atoms with Crippen LogP contribution in [0, 0.1) is 0 Å². The molecule has 0 aliphatic carbocycles.